The first-order chi connectivity index (χ1) is 15.2. The van der Waals surface area contributed by atoms with Crippen LogP contribution < -0.4 is 15.5 Å². The molecule has 1 aliphatic rings. The van der Waals surface area contributed by atoms with Gasteiger partial charge >= 0.3 is 0 Å². The number of aromatic amines is 1. The van der Waals surface area contributed by atoms with E-state index in [1.54, 1.807) is 0 Å². The van der Waals surface area contributed by atoms with Gasteiger partial charge in [-0.25, -0.2) is 14.4 Å². The molecule has 172 valence electrons. The molecular formula is C23H30FIN6O. The maximum atomic E-state index is 13.4. The minimum absolute atomic E-state index is 0. The van der Waals surface area contributed by atoms with Gasteiger partial charge in [0.25, 0.3) is 0 Å². The lowest BCUT2D eigenvalue weighted by Crippen LogP contribution is -2.38. The van der Waals surface area contributed by atoms with Gasteiger partial charge in [-0.3, -0.25) is 0 Å². The van der Waals surface area contributed by atoms with E-state index >= 15 is 0 Å². The summed E-state index contributed by atoms with van der Waals surface area (Å²) in [7, 11) is 0. The first-order valence-corrected chi connectivity index (χ1v) is 10.8. The lowest BCUT2D eigenvalue weighted by molar-refractivity contribution is 0.122. The van der Waals surface area contributed by atoms with Crippen molar-refractivity contribution in [2.45, 2.75) is 19.9 Å². The fourth-order valence-corrected chi connectivity index (χ4v) is 3.80. The van der Waals surface area contributed by atoms with E-state index in [1.807, 2.05) is 24.5 Å². The maximum Gasteiger partial charge on any atom is 0.191 e. The highest BCUT2D eigenvalue weighted by molar-refractivity contribution is 14.0. The van der Waals surface area contributed by atoms with Crippen LogP contribution in [0.4, 0.5) is 10.2 Å². The molecule has 7 nitrogen and oxygen atoms in total. The number of pyridine rings is 1. The van der Waals surface area contributed by atoms with Gasteiger partial charge in [0.15, 0.2) is 5.96 Å². The second kappa shape index (κ2) is 12.0. The van der Waals surface area contributed by atoms with Crippen LogP contribution in [0.1, 0.15) is 18.1 Å². The van der Waals surface area contributed by atoms with E-state index in [-0.39, 0.29) is 29.8 Å². The number of hydrogen-bond acceptors (Lipinski definition) is 4. The lowest BCUT2D eigenvalue weighted by atomic mass is 10.1. The number of morpholine rings is 1. The summed E-state index contributed by atoms with van der Waals surface area (Å²) < 4.78 is 18.9. The van der Waals surface area contributed by atoms with E-state index in [4.69, 9.17) is 9.73 Å². The number of aromatic nitrogens is 2. The molecule has 1 saturated heterocycles. The van der Waals surface area contributed by atoms with Gasteiger partial charge < -0.3 is 25.3 Å². The molecule has 0 atom stereocenters. The predicted molar refractivity (Wildman–Crippen MR) is 137 cm³/mol. The largest absolute Gasteiger partial charge is 0.378 e. The molecule has 2 aromatic heterocycles. The summed E-state index contributed by atoms with van der Waals surface area (Å²) in [5, 5.41) is 7.76. The van der Waals surface area contributed by atoms with Gasteiger partial charge in [-0.15, -0.1) is 24.0 Å². The van der Waals surface area contributed by atoms with Crippen molar-refractivity contribution in [3.8, 4) is 0 Å². The molecular weight excluding hydrogens is 522 g/mol. The molecule has 3 aromatic rings. The van der Waals surface area contributed by atoms with E-state index < -0.39 is 0 Å². The van der Waals surface area contributed by atoms with E-state index in [9.17, 15) is 4.39 Å². The number of fused-ring (bicyclic) bond motifs is 1. The fraction of sp³-hybridized carbons (Fsp3) is 0.391. The third-order valence-electron chi connectivity index (χ3n) is 5.35. The number of rotatable bonds is 7. The minimum Gasteiger partial charge on any atom is -0.378 e. The van der Waals surface area contributed by atoms with Crippen molar-refractivity contribution in [1.82, 2.24) is 20.6 Å². The van der Waals surface area contributed by atoms with Gasteiger partial charge in [-0.2, -0.15) is 0 Å². The molecule has 3 heterocycles. The molecule has 1 aromatic carbocycles. The summed E-state index contributed by atoms with van der Waals surface area (Å²) in [4.78, 5) is 14.8. The van der Waals surface area contributed by atoms with Gasteiger partial charge in [0.05, 0.1) is 19.8 Å². The zero-order valence-corrected chi connectivity index (χ0v) is 20.6. The number of aliphatic imine (C=N–C) groups is 1. The van der Waals surface area contributed by atoms with E-state index in [0.717, 1.165) is 79.6 Å². The second-order valence-corrected chi connectivity index (χ2v) is 7.46. The number of halogens is 2. The Morgan fingerprint density at radius 3 is 2.88 bits per heavy atom. The minimum atomic E-state index is -0.229. The molecule has 1 fully saturated rings. The molecule has 0 amide bonds. The quantitative estimate of drug-likeness (QED) is 0.238. The first-order valence-electron chi connectivity index (χ1n) is 10.8. The molecule has 0 aliphatic carbocycles. The summed E-state index contributed by atoms with van der Waals surface area (Å²) in [6.45, 7) is 7.24. The summed E-state index contributed by atoms with van der Waals surface area (Å²) in [5.74, 6) is 1.52. The van der Waals surface area contributed by atoms with Crippen molar-refractivity contribution in [2.24, 2.45) is 4.99 Å². The number of benzene rings is 1. The highest BCUT2D eigenvalue weighted by Crippen LogP contribution is 2.20. The summed E-state index contributed by atoms with van der Waals surface area (Å²) in [5.41, 5.74) is 3.07. The van der Waals surface area contributed by atoms with Gasteiger partial charge in [-0.05, 0) is 43.2 Å². The van der Waals surface area contributed by atoms with Crippen molar-refractivity contribution >= 4 is 46.7 Å². The predicted octanol–water partition coefficient (Wildman–Crippen LogP) is 3.45. The molecule has 0 unspecified atom stereocenters. The maximum absolute atomic E-state index is 13.4. The van der Waals surface area contributed by atoms with Gasteiger partial charge in [0, 0.05) is 55.0 Å². The normalized spacial score (nSPS) is 14.3. The fourth-order valence-electron chi connectivity index (χ4n) is 3.80. The molecule has 32 heavy (non-hydrogen) atoms. The van der Waals surface area contributed by atoms with Crippen LogP contribution in [-0.4, -0.2) is 55.3 Å². The zero-order chi connectivity index (χ0) is 21.5. The Labute approximate surface area is 204 Å². The Morgan fingerprint density at radius 2 is 2.06 bits per heavy atom. The van der Waals surface area contributed by atoms with E-state index in [0.29, 0.717) is 6.54 Å². The summed E-state index contributed by atoms with van der Waals surface area (Å²) in [6, 6.07) is 8.88. The van der Waals surface area contributed by atoms with Crippen LogP contribution in [0.5, 0.6) is 0 Å². The van der Waals surface area contributed by atoms with Gasteiger partial charge in [0.1, 0.15) is 11.6 Å². The van der Waals surface area contributed by atoms with Crippen LogP contribution in [0.2, 0.25) is 0 Å². The van der Waals surface area contributed by atoms with Crippen molar-refractivity contribution < 1.29 is 9.13 Å². The topological polar surface area (TPSA) is 77.6 Å². The Hall–Kier alpha value is -2.40. The molecule has 0 bridgehead atoms. The van der Waals surface area contributed by atoms with Crippen molar-refractivity contribution in [1.29, 1.82) is 0 Å². The standard InChI is InChI=1S/C23H29FN6O.HI/c1-2-25-23(27-9-7-17-15-28-21-14-19(24)5-6-20(17)21)29-16-18-4-3-8-26-22(18)30-10-12-31-13-11-30;/h3-6,8,14-15,28H,2,7,9-13,16H2,1H3,(H2,25,27,29);1H. The number of nitrogens with zero attached hydrogens (tertiary/aromatic N) is 3. The van der Waals surface area contributed by atoms with Crippen LogP contribution >= 0.6 is 24.0 Å². The second-order valence-electron chi connectivity index (χ2n) is 7.46. The van der Waals surface area contributed by atoms with Crippen molar-refractivity contribution in [3.63, 3.8) is 0 Å². The van der Waals surface area contributed by atoms with Crippen LogP contribution in [0, 0.1) is 5.82 Å². The molecule has 4 rings (SSSR count). The number of ether oxygens (including phenoxy) is 1. The van der Waals surface area contributed by atoms with Crippen LogP contribution in [0.15, 0.2) is 47.7 Å². The molecule has 0 radical (unpaired) electrons. The van der Waals surface area contributed by atoms with Gasteiger partial charge in [0.2, 0.25) is 0 Å². The average Bonchev–Trinajstić information content (AvgIpc) is 3.20. The number of anilines is 1. The third kappa shape index (κ3) is 6.10. The Balaban J connectivity index is 0.00000289. The average molecular weight is 552 g/mol. The SMILES string of the molecule is CCNC(=NCc1cccnc1N1CCOCC1)NCCc1c[nH]c2cc(F)ccc12.I. The molecule has 1 aliphatic heterocycles. The molecule has 0 spiro atoms. The summed E-state index contributed by atoms with van der Waals surface area (Å²) >= 11 is 0. The van der Waals surface area contributed by atoms with Crippen molar-refractivity contribution in [3.05, 3.63) is 59.7 Å². The van der Waals surface area contributed by atoms with E-state index in [2.05, 4.69) is 38.5 Å². The van der Waals surface area contributed by atoms with Crippen LogP contribution in [0.3, 0.4) is 0 Å². The lowest BCUT2D eigenvalue weighted by Gasteiger charge is -2.29. The molecule has 3 N–H and O–H groups in total. The van der Waals surface area contributed by atoms with E-state index in [1.165, 1.54) is 12.1 Å². The summed E-state index contributed by atoms with van der Waals surface area (Å²) in [6.07, 6.45) is 4.58. The monoisotopic (exact) mass is 552 g/mol. The Morgan fingerprint density at radius 1 is 1.22 bits per heavy atom. The molecule has 9 heteroatoms. The zero-order valence-electron chi connectivity index (χ0n) is 18.2. The van der Waals surface area contributed by atoms with Crippen molar-refractivity contribution in [2.75, 3.05) is 44.3 Å². The first kappa shape index (κ1) is 24.2. The Bertz CT molecular complexity index is 1030. The third-order valence-corrected chi connectivity index (χ3v) is 5.35. The van der Waals surface area contributed by atoms with Gasteiger partial charge in [-0.1, -0.05) is 6.07 Å². The molecule has 0 saturated carbocycles. The number of nitrogens with one attached hydrogen (secondary N) is 3. The number of guanidine groups is 1. The number of hydrogen-bond donors (Lipinski definition) is 3. The number of H-pyrrole nitrogens is 1. The highest BCUT2D eigenvalue weighted by Gasteiger charge is 2.15. The van der Waals surface area contributed by atoms with Crippen LogP contribution in [-0.2, 0) is 17.7 Å². The Kier molecular flexibility index (Phi) is 9.10. The highest BCUT2D eigenvalue weighted by atomic mass is 127. The van der Waals surface area contributed by atoms with Crippen LogP contribution in [0.25, 0.3) is 10.9 Å². The smallest absolute Gasteiger partial charge is 0.191 e.